The van der Waals surface area contributed by atoms with Gasteiger partial charge in [-0.1, -0.05) is 0 Å². The molecule has 2 saturated heterocycles. The van der Waals surface area contributed by atoms with Gasteiger partial charge in [-0.3, -0.25) is 9.59 Å². The number of nitrogens with zero attached hydrogens (tertiary/aromatic N) is 1. The van der Waals surface area contributed by atoms with Crippen LogP contribution in [0.2, 0.25) is 0 Å². The maximum atomic E-state index is 12.4. The van der Waals surface area contributed by atoms with Crippen molar-refractivity contribution in [3.8, 4) is 0 Å². The average molecular weight is 239 g/mol. The van der Waals surface area contributed by atoms with Crippen molar-refractivity contribution in [2.45, 2.75) is 38.3 Å². The molecule has 2 amide bonds. The highest BCUT2D eigenvalue weighted by Gasteiger charge is 2.45. The largest absolute Gasteiger partial charge is 0.354 e. The predicted molar refractivity (Wildman–Crippen MR) is 64.4 cm³/mol. The Morgan fingerprint density at radius 2 is 2.24 bits per heavy atom. The molecule has 2 atom stereocenters. The molecule has 17 heavy (non-hydrogen) atoms. The lowest BCUT2D eigenvalue weighted by molar-refractivity contribution is -0.142. The molecule has 2 rings (SSSR count). The van der Waals surface area contributed by atoms with Gasteiger partial charge in [0, 0.05) is 13.1 Å². The van der Waals surface area contributed by atoms with Crippen molar-refractivity contribution in [2.75, 3.05) is 20.1 Å². The Labute approximate surface area is 102 Å². The molecule has 0 aromatic rings. The molecule has 0 aromatic heterocycles. The van der Waals surface area contributed by atoms with Crippen LogP contribution in [-0.2, 0) is 9.59 Å². The van der Waals surface area contributed by atoms with Crippen LogP contribution in [0.3, 0.4) is 0 Å². The second-order valence-electron chi connectivity index (χ2n) is 5.43. The third-order valence-electron chi connectivity index (χ3n) is 4.02. The summed E-state index contributed by atoms with van der Waals surface area (Å²) in [6, 6.07) is 0.0522. The number of carbonyl (C=O) groups excluding carboxylic acids is 2. The van der Waals surface area contributed by atoms with Crippen LogP contribution in [0.15, 0.2) is 0 Å². The molecule has 2 fully saturated rings. The van der Waals surface area contributed by atoms with Crippen LogP contribution in [0.5, 0.6) is 0 Å². The van der Waals surface area contributed by atoms with E-state index in [1.807, 2.05) is 18.7 Å². The second kappa shape index (κ2) is 4.29. The fourth-order valence-corrected chi connectivity index (χ4v) is 2.67. The van der Waals surface area contributed by atoms with Gasteiger partial charge in [0.25, 0.3) is 0 Å². The van der Waals surface area contributed by atoms with Gasteiger partial charge < -0.3 is 15.5 Å². The number of amides is 2. The van der Waals surface area contributed by atoms with Crippen LogP contribution >= 0.6 is 0 Å². The summed E-state index contributed by atoms with van der Waals surface area (Å²) in [4.78, 5) is 25.9. The number of nitrogens with one attached hydrogen (secondary N) is 2. The molecule has 2 N–H and O–H groups in total. The first-order valence-electron chi connectivity index (χ1n) is 6.25. The minimum absolute atomic E-state index is 0.000330. The van der Waals surface area contributed by atoms with Crippen molar-refractivity contribution < 1.29 is 9.59 Å². The van der Waals surface area contributed by atoms with Crippen molar-refractivity contribution in [3.63, 3.8) is 0 Å². The monoisotopic (exact) mass is 239 g/mol. The standard InChI is InChI=1S/C12H21N3O2/c1-12(2,13-3)11(17)15-6-4-5-8-9(15)7-14-10(8)16/h8-9,13H,4-7H2,1-3H3,(H,14,16). The third kappa shape index (κ3) is 2.04. The Morgan fingerprint density at radius 3 is 2.88 bits per heavy atom. The Hall–Kier alpha value is -1.10. The molecular formula is C12H21N3O2. The lowest BCUT2D eigenvalue weighted by Crippen LogP contribution is -2.58. The second-order valence-corrected chi connectivity index (χ2v) is 5.43. The summed E-state index contributed by atoms with van der Waals surface area (Å²) in [6.07, 6.45) is 1.82. The van der Waals surface area contributed by atoms with Crippen molar-refractivity contribution in [1.29, 1.82) is 0 Å². The van der Waals surface area contributed by atoms with Crippen molar-refractivity contribution >= 4 is 11.8 Å². The SMILES string of the molecule is CNC(C)(C)C(=O)N1CCCC2C(=O)NCC21. The molecule has 0 aromatic carbocycles. The first-order chi connectivity index (χ1) is 7.97. The van der Waals surface area contributed by atoms with Gasteiger partial charge in [-0.15, -0.1) is 0 Å². The predicted octanol–water partition coefficient (Wildman–Crippen LogP) is -0.279. The lowest BCUT2D eigenvalue weighted by atomic mass is 9.89. The average Bonchev–Trinajstić information content (AvgIpc) is 2.70. The van der Waals surface area contributed by atoms with Crippen LogP contribution in [0.1, 0.15) is 26.7 Å². The summed E-state index contributed by atoms with van der Waals surface area (Å²) in [6.45, 7) is 5.13. The Kier molecular flexibility index (Phi) is 3.12. The van der Waals surface area contributed by atoms with Gasteiger partial charge in [-0.2, -0.15) is 0 Å². The topological polar surface area (TPSA) is 61.4 Å². The summed E-state index contributed by atoms with van der Waals surface area (Å²) in [5.74, 6) is 0.196. The Bertz CT molecular complexity index is 341. The first kappa shape index (κ1) is 12.4. The molecule has 2 aliphatic rings. The van der Waals surface area contributed by atoms with Crippen LogP contribution < -0.4 is 10.6 Å². The van der Waals surface area contributed by atoms with E-state index in [0.717, 1.165) is 19.4 Å². The van der Waals surface area contributed by atoms with Crippen LogP contribution in [0, 0.1) is 5.92 Å². The van der Waals surface area contributed by atoms with E-state index < -0.39 is 5.54 Å². The number of likely N-dealkylation sites (N-methyl/N-ethyl adjacent to an activating group) is 1. The molecule has 0 bridgehead atoms. The normalized spacial score (nSPS) is 28.9. The Morgan fingerprint density at radius 1 is 1.53 bits per heavy atom. The highest BCUT2D eigenvalue weighted by molar-refractivity contribution is 5.88. The Balaban J connectivity index is 2.16. The van der Waals surface area contributed by atoms with E-state index in [1.165, 1.54) is 0 Å². The zero-order valence-electron chi connectivity index (χ0n) is 10.7. The molecule has 5 heteroatoms. The minimum Gasteiger partial charge on any atom is -0.354 e. The number of fused-ring (bicyclic) bond motifs is 1. The van der Waals surface area contributed by atoms with Crippen molar-refractivity contribution in [1.82, 2.24) is 15.5 Å². The minimum atomic E-state index is -0.562. The first-order valence-corrected chi connectivity index (χ1v) is 6.25. The summed E-state index contributed by atoms with van der Waals surface area (Å²) >= 11 is 0. The molecule has 96 valence electrons. The van der Waals surface area contributed by atoms with E-state index >= 15 is 0 Å². The number of hydrogen-bond donors (Lipinski definition) is 2. The summed E-state index contributed by atoms with van der Waals surface area (Å²) in [5, 5.41) is 5.90. The zero-order chi connectivity index (χ0) is 12.6. The van der Waals surface area contributed by atoms with Crippen molar-refractivity contribution in [2.24, 2.45) is 5.92 Å². The van der Waals surface area contributed by atoms with Crippen LogP contribution in [0.4, 0.5) is 0 Å². The summed E-state index contributed by atoms with van der Waals surface area (Å²) in [5.41, 5.74) is -0.562. The molecule has 0 radical (unpaired) electrons. The molecule has 5 nitrogen and oxygen atoms in total. The van der Waals surface area contributed by atoms with Gasteiger partial charge in [0.05, 0.1) is 17.5 Å². The lowest BCUT2D eigenvalue weighted by Gasteiger charge is -2.40. The van der Waals surface area contributed by atoms with E-state index in [4.69, 9.17) is 0 Å². The van der Waals surface area contributed by atoms with Gasteiger partial charge in [0.2, 0.25) is 11.8 Å². The van der Waals surface area contributed by atoms with Gasteiger partial charge in [-0.05, 0) is 33.7 Å². The maximum Gasteiger partial charge on any atom is 0.242 e. The summed E-state index contributed by atoms with van der Waals surface area (Å²) < 4.78 is 0. The molecule has 0 saturated carbocycles. The fourth-order valence-electron chi connectivity index (χ4n) is 2.67. The zero-order valence-corrected chi connectivity index (χ0v) is 10.7. The quantitative estimate of drug-likeness (QED) is 0.697. The van der Waals surface area contributed by atoms with E-state index in [-0.39, 0.29) is 23.8 Å². The number of hydrogen-bond acceptors (Lipinski definition) is 3. The van der Waals surface area contributed by atoms with Crippen LogP contribution in [-0.4, -0.2) is 48.4 Å². The molecule has 2 heterocycles. The molecule has 0 aliphatic carbocycles. The van der Waals surface area contributed by atoms with E-state index in [2.05, 4.69) is 10.6 Å². The van der Waals surface area contributed by atoms with Crippen molar-refractivity contribution in [3.05, 3.63) is 0 Å². The van der Waals surface area contributed by atoms with E-state index in [1.54, 1.807) is 7.05 Å². The van der Waals surface area contributed by atoms with Gasteiger partial charge >= 0.3 is 0 Å². The number of rotatable bonds is 2. The van der Waals surface area contributed by atoms with Crippen LogP contribution in [0.25, 0.3) is 0 Å². The number of carbonyl (C=O) groups is 2. The number of piperidine rings is 1. The highest BCUT2D eigenvalue weighted by Crippen LogP contribution is 2.28. The molecule has 2 aliphatic heterocycles. The third-order valence-corrected chi connectivity index (χ3v) is 4.02. The molecular weight excluding hydrogens is 218 g/mol. The van der Waals surface area contributed by atoms with Gasteiger partial charge in [0.1, 0.15) is 0 Å². The smallest absolute Gasteiger partial charge is 0.242 e. The van der Waals surface area contributed by atoms with Gasteiger partial charge in [0.15, 0.2) is 0 Å². The molecule has 2 unspecified atom stereocenters. The molecule has 0 spiro atoms. The highest BCUT2D eigenvalue weighted by atomic mass is 16.2. The van der Waals surface area contributed by atoms with E-state index in [9.17, 15) is 9.59 Å². The van der Waals surface area contributed by atoms with E-state index in [0.29, 0.717) is 6.54 Å². The number of likely N-dealkylation sites (tertiary alicyclic amines) is 1. The maximum absolute atomic E-state index is 12.4. The van der Waals surface area contributed by atoms with Gasteiger partial charge in [-0.25, -0.2) is 0 Å². The summed E-state index contributed by atoms with van der Waals surface area (Å²) in [7, 11) is 1.79. The fraction of sp³-hybridized carbons (Fsp3) is 0.833.